The molecule has 1 aromatic carbocycles. The van der Waals surface area contributed by atoms with Gasteiger partial charge in [-0.05, 0) is 10.3 Å². The molecule has 0 unspecified atom stereocenters. The molecule has 0 bridgehead atoms. The van der Waals surface area contributed by atoms with E-state index in [2.05, 4.69) is 32.5 Å². The van der Waals surface area contributed by atoms with E-state index in [1.54, 1.807) is 0 Å². The molecular weight excluding hydrogens is 194 g/mol. The van der Waals surface area contributed by atoms with Crippen molar-refractivity contribution in [3.63, 3.8) is 0 Å². The van der Waals surface area contributed by atoms with Gasteiger partial charge in [0.1, 0.15) is 0 Å². The Labute approximate surface area is 102 Å². The Hall–Kier alpha value is -1.29. The van der Waals surface area contributed by atoms with Gasteiger partial charge in [-0.2, -0.15) is 0 Å². The van der Waals surface area contributed by atoms with Crippen LogP contribution in [0, 0.1) is 19.4 Å². The number of hydrogen-bond donors (Lipinski definition) is 0. The lowest BCUT2D eigenvalue weighted by Crippen LogP contribution is -1.93. The van der Waals surface area contributed by atoms with Crippen molar-refractivity contribution in [3.8, 4) is 6.57 Å². The standard InChI is InChI=1S/C7H6N.C5H12.C2H6.CH3/c1-8-7-5-3-2-4-6-7;1-5(2,3)4;1-2;/h1-6H;1-4H3;1-2H3;1H3/q+1;;;-1. The summed E-state index contributed by atoms with van der Waals surface area (Å²) in [5.41, 5.74) is 1.31. The maximum Gasteiger partial charge on any atom is 0.339 e. The average Bonchev–Trinajstić information content (AvgIpc) is 2.20. The molecule has 0 radical (unpaired) electrons. The second-order valence-corrected chi connectivity index (χ2v) is 4.46. The topological polar surface area (TPSA) is 4.36 Å². The van der Waals surface area contributed by atoms with E-state index in [-0.39, 0.29) is 7.43 Å². The predicted octanol–water partition coefficient (Wildman–Crippen LogP) is 5.81. The van der Waals surface area contributed by atoms with E-state index >= 15 is 0 Å². The van der Waals surface area contributed by atoms with Crippen LogP contribution in [0.1, 0.15) is 41.5 Å². The molecule has 0 aliphatic heterocycles. The van der Waals surface area contributed by atoms with Gasteiger partial charge >= 0.3 is 5.69 Å². The molecule has 0 aliphatic carbocycles. The van der Waals surface area contributed by atoms with Crippen LogP contribution in [0.5, 0.6) is 0 Å². The number of benzene rings is 1. The lowest BCUT2D eigenvalue weighted by Gasteiger charge is -2.05. The summed E-state index contributed by atoms with van der Waals surface area (Å²) in [7, 11) is 0. The summed E-state index contributed by atoms with van der Waals surface area (Å²) >= 11 is 0. The van der Waals surface area contributed by atoms with Crippen LogP contribution in [0.3, 0.4) is 0 Å². The Kier molecular flexibility index (Phi) is 14.8. The fourth-order valence-electron chi connectivity index (χ4n) is 0.514. The van der Waals surface area contributed by atoms with Crippen LogP contribution in [-0.4, -0.2) is 0 Å². The van der Waals surface area contributed by atoms with Gasteiger partial charge in [-0.3, -0.25) is 0 Å². The monoisotopic (exact) mass is 221 g/mol. The van der Waals surface area contributed by atoms with Crippen LogP contribution < -0.4 is 0 Å². The van der Waals surface area contributed by atoms with Crippen LogP contribution in [0.15, 0.2) is 30.3 Å². The molecule has 0 fully saturated rings. The minimum atomic E-state index is 0. The van der Waals surface area contributed by atoms with Crippen molar-refractivity contribution >= 4 is 5.69 Å². The van der Waals surface area contributed by atoms with E-state index in [0.29, 0.717) is 5.41 Å². The van der Waals surface area contributed by atoms with E-state index in [0.717, 1.165) is 5.69 Å². The third-order valence-corrected chi connectivity index (χ3v) is 0.905. The van der Waals surface area contributed by atoms with E-state index in [1.807, 2.05) is 44.2 Å². The third-order valence-electron chi connectivity index (χ3n) is 0.905. The maximum atomic E-state index is 4.97. The van der Waals surface area contributed by atoms with Crippen molar-refractivity contribution in [1.82, 2.24) is 0 Å². The number of para-hydroxylation sites is 1. The highest BCUT2D eigenvalue weighted by atomic mass is 14.6. The second-order valence-electron chi connectivity index (χ2n) is 4.46. The second kappa shape index (κ2) is 11.8. The molecule has 0 saturated heterocycles. The first-order chi connectivity index (χ1) is 6.93. The number of nitrogens with zero attached hydrogens (tertiary/aromatic N) is 1. The SMILES string of the molecule is C#[N+]c1ccccc1.CC.CC(C)(C)C.[CH3-]. The van der Waals surface area contributed by atoms with Crippen molar-refractivity contribution < 1.29 is 0 Å². The van der Waals surface area contributed by atoms with Crippen LogP contribution >= 0.6 is 0 Å². The molecular formula is C15H27N. The van der Waals surface area contributed by atoms with Crippen molar-refractivity contribution in [1.29, 1.82) is 0 Å². The summed E-state index contributed by atoms with van der Waals surface area (Å²) in [6.07, 6.45) is 0. The molecule has 0 heterocycles. The fraction of sp³-hybridized carbons (Fsp3) is 0.467. The first kappa shape index (κ1) is 20.2. The predicted molar refractivity (Wildman–Crippen MR) is 77.3 cm³/mol. The molecule has 0 amide bonds. The van der Waals surface area contributed by atoms with Gasteiger partial charge in [0.25, 0.3) is 6.57 Å². The molecule has 0 atom stereocenters. The van der Waals surface area contributed by atoms with Gasteiger partial charge in [-0.1, -0.05) is 59.7 Å². The molecule has 1 rings (SSSR count). The highest BCUT2D eigenvalue weighted by Gasteiger charge is 1.95. The molecule has 92 valence electrons. The highest BCUT2D eigenvalue weighted by Crippen LogP contribution is 2.08. The van der Waals surface area contributed by atoms with Crippen molar-refractivity contribution in [3.05, 3.63) is 42.6 Å². The van der Waals surface area contributed by atoms with E-state index < -0.39 is 0 Å². The van der Waals surface area contributed by atoms with E-state index in [4.69, 9.17) is 6.57 Å². The minimum absolute atomic E-state index is 0. The summed E-state index contributed by atoms with van der Waals surface area (Å²) < 4.78 is 0. The summed E-state index contributed by atoms with van der Waals surface area (Å²) in [6, 6.07) is 9.41. The van der Waals surface area contributed by atoms with E-state index in [9.17, 15) is 0 Å². The van der Waals surface area contributed by atoms with Gasteiger partial charge in [-0.15, -0.1) is 0 Å². The molecule has 0 saturated carbocycles. The molecule has 0 aromatic heterocycles. The molecule has 1 nitrogen and oxygen atoms in total. The summed E-state index contributed by atoms with van der Waals surface area (Å²) in [5.74, 6) is 0. The van der Waals surface area contributed by atoms with Crippen molar-refractivity contribution in [2.75, 3.05) is 0 Å². The Morgan fingerprint density at radius 1 is 0.938 bits per heavy atom. The van der Waals surface area contributed by atoms with Crippen LogP contribution in [-0.2, 0) is 0 Å². The van der Waals surface area contributed by atoms with Gasteiger partial charge in [0.2, 0.25) is 0 Å². The normalized spacial score (nSPS) is 8.06. The molecule has 16 heavy (non-hydrogen) atoms. The molecule has 0 aliphatic rings. The van der Waals surface area contributed by atoms with E-state index in [1.165, 1.54) is 0 Å². The average molecular weight is 221 g/mol. The zero-order valence-corrected chi connectivity index (χ0v) is 11.9. The van der Waals surface area contributed by atoms with Crippen LogP contribution in [0.4, 0.5) is 5.69 Å². The lowest BCUT2D eigenvalue weighted by atomic mass is 10.0. The van der Waals surface area contributed by atoms with Gasteiger partial charge in [0, 0.05) is 12.1 Å². The Balaban J connectivity index is -0.000000187. The third kappa shape index (κ3) is 23.0. The summed E-state index contributed by atoms with van der Waals surface area (Å²) in [4.78, 5) is 3.47. The first-order valence-corrected chi connectivity index (χ1v) is 5.39. The van der Waals surface area contributed by atoms with Gasteiger partial charge < -0.3 is 7.43 Å². The molecule has 1 aromatic rings. The quantitative estimate of drug-likeness (QED) is 0.487. The summed E-state index contributed by atoms with van der Waals surface area (Å²) in [5, 5.41) is 0. The smallest absolute Gasteiger partial charge is 0.339 e. The molecule has 0 spiro atoms. The summed E-state index contributed by atoms with van der Waals surface area (Å²) in [6.45, 7) is 17.7. The zero-order valence-electron chi connectivity index (χ0n) is 11.9. The van der Waals surface area contributed by atoms with Crippen molar-refractivity contribution in [2.45, 2.75) is 41.5 Å². The van der Waals surface area contributed by atoms with Gasteiger partial charge in [0.05, 0.1) is 0 Å². The largest absolute Gasteiger partial charge is 0.358 e. The van der Waals surface area contributed by atoms with Gasteiger partial charge in [0.15, 0.2) is 0 Å². The van der Waals surface area contributed by atoms with Crippen LogP contribution in [0.25, 0.3) is 4.85 Å². The minimum Gasteiger partial charge on any atom is -0.358 e. The maximum absolute atomic E-state index is 4.97. The molecule has 1 heteroatoms. The Morgan fingerprint density at radius 2 is 1.25 bits per heavy atom. The zero-order chi connectivity index (χ0) is 12.3. The first-order valence-electron chi connectivity index (χ1n) is 5.39. The van der Waals surface area contributed by atoms with Crippen molar-refractivity contribution in [2.24, 2.45) is 5.41 Å². The highest BCUT2D eigenvalue weighted by molar-refractivity contribution is 5.43. The Bertz CT molecular complexity index is 256. The fourth-order valence-corrected chi connectivity index (χ4v) is 0.514. The van der Waals surface area contributed by atoms with Gasteiger partial charge in [-0.25, -0.2) is 0 Å². The van der Waals surface area contributed by atoms with Crippen LogP contribution in [0.2, 0.25) is 0 Å². The number of rotatable bonds is 0. The number of hydrogen-bond acceptors (Lipinski definition) is 0. The Morgan fingerprint density at radius 3 is 1.44 bits per heavy atom. The lowest BCUT2D eigenvalue weighted by molar-refractivity contribution is 0.469. The molecule has 0 N–H and O–H groups in total.